The number of nitrogen functional groups attached to an aromatic ring is 1. The minimum Gasteiger partial charge on any atom is -0.389 e. The van der Waals surface area contributed by atoms with Gasteiger partial charge in [0.25, 0.3) is 5.91 Å². The molecule has 0 aliphatic rings. The lowest BCUT2D eigenvalue weighted by atomic mass is 10.2. The summed E-state index contributed by atoms with van der Waals surface area (Å²) < 4.78 is 8.91. The maximum atomic E-state index is 12.1. The van der Waals surface area contributed by atoms with Crippen LogP contribution in [0.1, 0.15) is 24.2 Å². The molecule has 0 saturated carbocycles. The number of nitrogens with one attached hydrogen (secondary N) is 1. The van der Waals surface area contributed by atoms with Crippen LogP contribution >= 0.6 is 11.5 Å². The van der Waals surface area contributed by atoms with E-state index in [0.717, 1.165) is 11.5 Å². The molecule has 0 fully saturated rings. The van der Waals surface area contributed by atoms with E-state index in [1.54, 1.807) is 11.9 Å². The van der Waals surface area contributed by atoms with Gasteiger partial charge >= 0.3 is 0 Å². The number of amides is 1. The van der Waals surface area contributed by atoms with Gasteiger partial charge < -0.3 is 25.8 Å². The molecule has 1 amide bonds. The van der Waals surface area contributed by atoms with E-state index in [4.69, 9.17) is 10.5 Å². The molecule has 20 heavy (non-hydrogen) atoms. The molecule has 1 rings (SSSR count). The van der Waals surface area contributed by atoms with Crippen molar-refractivity contribution in [2.24, 2.45) is 0 Å². The summed E-state index contributed by atoms with van der Waals surface area (Å²) in [6, 6.07) is 0.0130. The van der Waals surface area contributed by atoms with E-state index in [-0.39, 0.29) is 24.4 Å². The first-order valence-electron chi connectivity index (χ1n) is 6.31. The van der Waals surface area contributed by atoms with Crippen LogP contribution in [0.5, 0.6) is 0 Å². The van der Waals surface area contributed by atoms with Crippen LogP contribution in [0, 0.1) is 0 Å². The van der Waals surface area contributed by atoms with Crippen LogP contribution in [0.4, 0.5) is 10.8 Å². The number of rotatable bonds is 7. The minimum atomic E-state index is -0.644. The van der Waals surface area contributed by atoms with Crippen LogP contribution < -0.4 is 16.0 Å². The number of likely N-dealkylation sites (N-methyl/N-ethyl adjacent to an activating group) is 1. The monoisotopic (exact) mass is 302 g/mol. The number of carbonyl (C=O) groups is 1. The highest BCUT2D eigenvalue weighted by Gasteiger charge is 2.23. The van der Waals surface area contributed by atoms with Crippen molar-refractivity contribution in [2.75, 3.05) is 37.9 Å². The normalized spacial score (nSPS) is 12.5. The fourth-order valence-corrected chi connectivity index (χ4v) is 2.52. The molecule has 0 saturated heterocycles. The van der Waals surface area contributed by atoms with Crippen molar-refractivity contribution >= 4 is 28.3 Å². The van der Waals surface area contributed by atoms with Crippen LogP contribution in [0.15, 0.2) is 0 Å². The van der Waals surface area contributed by atoms with Crippen LogP contribution in [0.25, 0.3) is 0 Å². The number of carbonyl (C=O) groups excluding carboxylic acids is 1. The van der Waals surface area contributed by atoms with E-state index < -0.39 is 6.10 Å². The lowest BCUT2D eigenvalue weighted by molar-refractivity contribution is 0.0695. The molecule has 8 heteroatoms. The van der Waals surface area contributed by atoms with E-state index in [9.17, 15) is 9.90 Å². The number of hydrogen-bond acceptors (Lipinski definition) is 7. The third kappa shape index (κ3) is 4.32. The second kappa shape index (κ2) is 7.41. The molecule has 1 aromatic heterocycles. The van der Waals surface area contributed by atoms with Crippen molar-refractivity contribution in [3.8, 4) is 0 Å². The molecule has 1 aromatic rings. The van der Waals surface area contributed by atoms with Gasteiger partial charge in [0.05, 0.1) is 12.7 Å². The minimum absolute atomic E-state index is 0.0130. The van der Waals surface area contributed by atoms with Crippen LogP contribution in [-0.2, 0) is 4.74 Å². The van der Waals surface area contributed by atoms with Crippen molar-refractivity contribution in [3.63, 3.8) is 0 Å². The number of ether oxygens (including phenoxy) is 1. The van der Waals surface area contributed by atoms with E-state index in [1.807, 2.05) is 13.8 Å². The molecule has 4 N–H and O–H groups in total. The molecule has 0 radical (unpaired) electrons. The number of aromatic nitrogens is 1. The summed E-state index contributed by atoms with van der Waals surface area (Å²) in [5, 5.41) is 13.2. The van der Waals surface area contributed by atoms with Crippen LogP contribution in [0.3, 0.4) is 0 Å². The highest BCUT2D eigenvalue weighted by molar-refractivity contribution is 7.11. The first kappa shape index (κ1) is 16.7. The lowest BCUT2D eigenvalue weighted by Gasteiger charge is -2.21. The molecule has 1 atom stereocenters. The topological polar surface area (TPSA) is 101 Å². The molecule has 0 aliphatic carbocycles. The van der Waals surface area contributed by atoms with Gasteiger partial charge in [-0.15, -0.1) is 0 Å². The maximum absolute atomic E-state index is 12.1. The number of aliphatic hydroxyl groups excluding tert-OH is 1. The van der Waals surface area contributed by atoms with E-state index in [0.29, 0.717) is 17.1 Å². The zero-order valence-electron chi connectivity index (χ0n) is 12.2. The summed E-state index contributed by atoms with van der Waals surface area (Å²) in [5.74, 6) is -0.0504. The van der Waals surface area contributed by atoms with Gasteiger partial charge in [0, 0.05) is 26.7 Å². The smallest absolute Gasteiger partial charge is 0.258 e. The SMILES string of the molecule is COCC(O)CN(C)c1snc(N)c1C(=O)NC(C)C. The Labute approximate surface area is 122 Å². The Balaban J connectivity index is 2.87. The molecular formula is C12H22N4O3S. The number of aliphatic hydroxyl groups is 1. The summed E-state index contributed by atoms with van der Waals surface area (Å²) in [7, 11) is 3.30. The zero-order chi connectivity index (χ0) is 15.3. The Morgan fingerprint density at radius 3 is 2.80 bits per heavy atom. The Hall–Kier alpha value is -1.38. The maximum Gasteiger partial charge on any atom is 0.258 e. The van der Waals surface area contributed by atoms with Crippen molar-refractivity contribution in [1.29, 1.82) is 0 Å². The molecule has 1 unspecified atom stereocenters. The second-order valence-electron chi connectivity index (χ2n) is 4.87. The summed E-state index contributed by atoms with van der Waals surface area (Å²) in [4.78, 5) is 13.9. The molecule has 0 bridgehead atoms. The van der Waals surface area contributed by atoms with Gasteiger partial charge in [0.1, 0.15) is 10.6 Å². The van der Waals surface area contributed by atoms with Gasteiger partial charge in [-0.3, -0.25) is 4.79 Å². The Morgan fingerprint density at radius 2 is 2.25 bits per heavy atom. The summed E-state index contributed by atoms with van der Waals surface area (Å²) in [6.07, 6.45) is -0.644. The van der Waals surface area contributed by atoms with Crippen molar-refractivity contribution < 1.29 is 14.6 Å². The van der Waals surface area contributed by atoms with Gasteiger partial charge in [0.15, 0.2) is 5.82 Å². The molecule has 1 heterocycles. The lowest BCUT2D eigenvalue weighted by Crippen LogP contribution is -2.34. The fourth-order valence-electron chi connectivity index (χ4n) is 1.75. The zero-order valence-corrected chi connectivity index (χ0v) is 13.0. The predicted octanol–water partition coefficient (Wildman–Crippen LogP) is 0.307. The van der Waals surface area contributed by atoms with E-state index in [2.05, 4.69) is 9.69 Å². The van der Waals surface area contributed by atoms with E-state index >= 15 is 0 Å². The summed E-state index contributed by atoms with van der Waals surface area (Å²) in [5.41, 5.74) is 6.13. The summed E-state index contributed by atoms with van der Waals surface area (Å²) >= 11 is 1.14. The largest absolute Gasteiger partial charge is 0.389 e. The average molecular weight is 302 g/mol. The van der Waals surface area contributed by atoms with E-state index in [1.165, 1.54) is 7.11 Å². The quantitative estimate of drug-likeness (QED) is 0.670. The van der Waals surface area contributed by atoms with Crippen molar-refractivity contribution in [1.82, 2.24) is 9.69 Å². The van der Waals surface area contributed by atoms with Gasteiger partial charge in [-0.2, -0.15) is 4.37 Å². The molecule has 114 valence electrons. The van der Waals surface area contributed by atoms with Gasteiger partial charge in [0.2, 0.25) is 0 Å². The number of nitrogens with zero attached hydrogens (tertiary/aromatic N) is 2. The van der Waals surface area contributed by atoms with Crippen LogP contribution in [0.2, 0.25) is 0 Å². The Morgan fingerprint density at radius 1 is 1.60 bits per heavy atom. The third-order valence-electron chi connectivity index (χ3n) is 2.54. The molecule has 0 aromatic carbocycles. The van der Waals surface area contributed by atoms with Gasteiger partial charge in [-0.25, -0.2) is 0 Å². The molecule has 0 aliphatic heterocycles. The Kier molecular flexibility index (Phi) is 6.18. The van der Waals surface area contributed by atoms with Gasteiger partial charge in [-0.05, 0) is 25.4 Å². The standard InChI is InChI=1S/C12H22N4O3S/c1-7(2)14-11(18)9-10(13)15-20-12(9)16(3)5-8(17)6-19-4/h7-8,17H,5-6H2,1-4H3,(H2,13,15)(H,14,18). The Bertz CT molecular complexity index is 450. The highest BCUT2D eigenvalue weighted by atomic mass is 32.1. The molecule has 7 nitrogen and oxygen atoms in total. The van der Waals surface area contributed by atoms with Crippen molar-refractivity contribution in [3.05, 3.63) is 5.56 Å². The predicted molar refractivity (Wildman–Crippen MR) is 80.3 cm³/mol. The van der Waals surface area contributed by atoms with Gasteiger partial charge in [-0.1, -0.05) is 0 Å². The van der Waals surface area contributed by atoms with Crippen LogP contribution in [-0.4, -0.2) is 54.8 Å². The number of methoxy groups -OCH3 is 1. The highest BCUT2D eigenvalue weighted by Crippen LogP contribution is 2.29. The average Bonchev–Trinajstić information content (AvgIpc) is 2.70. The number of nitrogens with two attached hydrogens (primary N) is 1. The summed E-state index contributed by atoms with van der Waals surface area (Å²) in [6.45, 7) is 4.31. The van der Waals surface area contributed by atoms with Crippen molar-refractivity contribution in [2.45, 2.75) is 26.0 Å². The third-order valence-corrected chi connectivity index (χ3v) is 3.51. The second-order valence-corrected chi connectivity index (χ2v) is 5.62. The number of hydrogen-bond donors (Lipinski definition) is 3. The molecular weight excluding hydrogens is 280 g/mol. The molecule has 0 spiro atoms. The fraction of sp³-hybridized carbons (Fsp3) is 0.667. The number of anilines is 2. The first-order chi connectivity index (χ1) is 9.36. The first-order valence-corrected chi connectivity index (χ1v) is 7.08.